The molecule has 0 bridgehead atoms. The van der Waals surface area contributed by atoms with Crippen LogP contribution in [0.5, 0.6) is 0 Å². The maximum Gasteiger partial charge on any atom is 0.357 e. The van der Waals surface area contributed by atoms with Gasteiger partial charge in [0.1, 0.15) is 6.61 Å². The summed E-state index contributed by atoms with van der Waals surface area (Å²) in [5.41, 5.74) is 0.655. The number of thioether (sulfide) groups is 2. The number of carbonyl (C=O) groups is 3. The summed E-state index contributed by atoms with van der Waals surface area (Å²) in [4.78, 5) is 50.5. The van der Waals surface area contributed by atoms with E-state index in [4.69, 9.17) is 4.74 Å². The molecule has 0 N–H and O–H groups in total. The molecule has 0 radical (unpaired) electrons. The van der Waals surface area contributed by atoms with Crippen LogP contribution in [0.1, 0.15) is 24.8 Å². The first kappa shape index (κ1) is 19.8. The van der Waals surface area contributed by atoms with Gasteiger partial charge in [0.2, 0.25) is 5.91 Å². The van der Waals surface area contributed by atoms with E-state index in [1.54, 1.807) is 4.90 Å². The molecule has 0 aromatic heterocycles. The van der Waals surface area contributed by atoms with E-state index < -0.39 is 10.9 Å². The molecular weight excluding hydrogens is 418 g/mol. The van der Waals surface area contributed by atoms with E-state index in [2.05, 4.69) is 0 Å². The normalized spacial score (nSPS) is 20.6. The highest BCUT2D eigenvalue weighted by molar-refractivity contribution is 8.29. The molecule has 1 atom stereocenters. The average molecular weight is 435 g/mol. The fraction of sp³-hybridized carbons (Fsp3) is 0.389. The molecule has 2 fully saturated rings. The molecule has 3 aliphatic rings. The summed E-state index contributed by atoms with van der Waals surface area (Å²) in [6.07, 6.45) is 2.26. The summed E-state index contributed by atoms with van der Waals surface area (Å²) >= 11 is 2.32. The van der Waals surface area contributed by atoms with Gasteiger partial charge in [0.25, 0.3) is 10.9 Å². The van der Waals surface area contributed by atoms with Crippen molar-refractivity contribution in [1.82, 2.24) is 9.80 Å². The van der Waals surface area contributed by atoms with E-state index in [-0.39, 0.29) is 34.5 Å². The van der Waals surface area contributed by atoms with Gasteiger partial charge in [-0.1, -0.05) is 11.8 Å². The van der Waals surface area contributed by atoms with Gasteiger partial charge < -0.3 is 9.64 Å². The lowest BCUT2D eigenvalue weighted by atomic mass is 10.2. The molecule has 29 heavy (non-hydrogen) atoms. The second-order valence-electron chi connectivity index (χ2n) is 6.74. The summed E-state index contributed by atoms with van der Waals surface area (Å²) < 4.78 is 5.83. The maximum absolute atomic E-state index is 12.7. The third-order valence-corrected chi connectivity index (χ3v) is 7.25. The van der Waals surface area contributed by atoms with Crippen LogP contribution in [-0.4, -0.2) is 50.3 Å². The number of nitro groups is 1. The lowest BCUT2D eigenvalue weighted by molar-refractivity contribution is -0.384. The van der Waals surface area contributed by atoms with Crippen molar-refractivity contribution in [1.29, 1.82) is 0 Å². The SMILES string of the molecule is O=C(OCc1ccc([N+](=O)[O-])cc1)C1=C(SC(=O)N2CCCC2)S[C@H]2CC(=O)N12. The monoisotopic (exact) mass is 435 g/mol. The average Bonchev–Trinajstić information content (AvgIpc) is 3.33. The van der Waals surface area contributed by atoms with Crippen LogP contribution in [0.15, 0.2) is 34.2 Å². The van der Waals surface area contributed by atoms with Crippen LogP contribution in [-0.2, 0) is 20.9 Å². The maximum atomic E-state index is 12.7. The van der Waals surface area contributed by atoms with E-state index in [9.17, 15) is 24.5 Å². The Morgan fingerprint density at radius 3 is 2.55 bits per heavy atom. The van der Waals surface area contributed by atoms with Crippen molar-refractivity contribution in [2.75, 3.05) is 13.1 Å². The molecular formula is C18H17N3O6S2. The molecule has 0 aliphatic carbocycles. The van der Waals surface area contributed by atoms with Gasteiger partial charge in [0.15, 0.2) is 5.70 Å². The van der Waals surface area contributed by atoms with Gasteiger partial charge in [0.05, 0.1) is 21.0 Å². The van der Waals surface area contributed by atoms with Crippen LogP contribution >= 0.6 is 23.5 Å². The van der Waals surface area contributed by atoms with E-state index in [0.29, 0.717) is 29.3 Å². The number of nitro benzene ring substituents is 1. The number of ether oxygens (including phenoxy) is 1. The second kappa shape index (κ2) is 8.07. The lowest BCUT2D eigenvalue weighted by Gasteiger charge is -2.34. The van der Waals surface area contributed by atoms with Crippen LogP contribution in [0.2, 0.25) is 0 Å². The van der Waals surface area contributed by atoms with Crippen molar-refractivity contribution >= 4 is 46.3 Å². The number of nitrogens with zero attached hydrogens (tertiary/aromatic N) is 3. The number of amides is 2. The Balaban J connectivity index is 1.46. The predicted molar refractivity (Wildman–Crippen MR) is 107 cm³/mol. The number of fused-ring (bicyclic) bond motifs is 1. The Hall–Kier alpha value is -2.53. The standard InChI is InChI=1S/C18H17N3O6S2/c22-13-9-14-20(13)15(17(28-14)29-18(24)19-7-1-2-8-19)16(23)27-10-11-3-5-12(6-4-11)21(25)26/h3-6,14H,1-2,7-10H2/t14-/m0/s1. The molecule has 1 aromatic rings. The quantitative estimate of drug-likeness (QED) is 0.300. The lowest BCUT2D eigenvalue weighted by Crippen LogP contribution is -2.48. The Morgan fingerprint density at radius 1 is 1.24 bits per heavy atom. The van der Waals surface area contributed by atoms with Gasteiger partial charge in [0, 0.05) is 25.2 Å². The van der Waals surface area contributed by atoms with Crippen LogP contribution in [0.4, 0.5) is 10.5 Å². The molecule has 3 heterocycles. The van der Waals surface area contributed by atoms with Crippen LogP contribution < -0.4 is 0 Å². The molecule has 3 aliphatic heterocycles. The fourth-order valence-corrected chi connectivity index (χ4v) is 5.84. The topological polar surface area (TPSA) is 110 Å². The third-order valence-electron chi connectivity index (χ3n) is 4.84. The Bertz CT molecular complexity index is 911. The summed E-state index contributed by atoms with van der Waals surface area (Å²) in [7, 11) is 0. The largest absolute Gasteiger partial charge is 0.456 e. The molecule has 0 spiro atoms. The zero-order valence-electron chi connectivity index (χ0n) is 15.2. The van der Waals surface area contributed by atoms with Gasteiger partial charge >= 0.3 is 5.97 Å². The van der Waals surface area contributed by atoms with Crippen LogP contribution in [0.3, 0.4) is 0 Å². The van der Waals surface area contributed by atoms with Gasteiger partial charge in [-0.2, -0.15) is 0 Å². The van der Waals surface area contributed by atoms with Gasteiger partial charge in [-0.3, -0.25) is 24.6 Å². The second-order valence-corrected chi connectivity index (χ2v) is 9.15. The Labute approximate surface area is 174 Å². The highest BCUT2D eigenvalue weighted by Gasteiger charge is 2.49. The number of likely N-dealkylation sites (tertiary alicyclic amines) is 1. The number of β-lactam (4-membered cyclic amide) rings is 1. The fourth-order valence-electron chi connectivity index (χ4n) is 3.26. The van der Waals surface area contributed by atoms with E-state index in [0.717, 1.165) is 24.6 Å². The van der Waals surface area contributed by atoms with Crippen molar-refractivity contribution in [3.05, 3.63) is 49.9 Å². The summed E-state index contributed by atoms with van der Waals surface area (Å²) in [5, 5.41) is 10.4. The summed E-state index contributed by atoms with van der Waals surface area (Å²) in [5.74, 6) is -0.850. The molecule has 152 valence electrons. The first-order valence-electron chi connectivity index (χ1n) is 9.04. The number of hydrogen-bond acceptors (Lipinski definition) is 8. The van der Waals surface area contributed by atoms with Gasteiger partial charge in [-0.25, -0.2) is 4.79 Å². The Morgan fingerprint density at radius 2 is 1.93 bits per heavy atom. The number of esters is 1. The molecule has 11 heteroatoms. The first-order chi connectivity index (χ1) is 13.9. The number of benzene rings is 1. The molecule has 2 amide bonds. The molecule has 2 saturated heterocycles. The highest BCUT2D eigenvalue weighted by Crippen LogP contribution is 2.51. The highest BCUT2D eigenvalue weighted by atomic mass is 32.2. The molecule has 0 unspecified atom stereocenters. The third kappa shape index (κ3) is 3.97. The minimum absolute atomic E-state index is 0.0527. The minimum Gasteiger partial charge on any atom is -0.456 e. The van der Waals surface area contributed by atoms with Gasteiger partial charge in [-0.05, 0) is 42.3 Å². The van der Waals surface area contributed by atoms with Crippen LogP contribution in [0, 0.1) is 10.1 Å². The number of hydrogen-bond donors (Lipinski definition) is 0. The van der Waals surface area contributed by atoms with Gasteiger partial charge in [-0.15, -0.1) is 0 Å². The van der Waals surface area contributed by atoms with Crippen molar-refractivity contribution < 1.29 is 24.0 Å². The number of rotatable bonds is 5. The van der Waals surface area contributed by atoms with E-state index in [1.807, 2.05) is 0 Å². The smallest absolute Gasteiger partial charge is 0.357 e. The minimum atomic E-state index is -0.678. The Kier molecular flexibility index (Phi) is 5.50. The van der Waals surface area contributed by atoms with Crippen molar-refractivity contribution in [2.24, 2.45) is 0 Å². The molecule has 9 nitrogen and oxygen atoms in total. The summed E-state index contributed by atoms with van der Waals surface area (Å²) in [6, 6.07) is 5.68. The van der Waals surface area contributed by atoms with Crippen molar-refractivity contribution in [3.63, 3.8) is 0 Å². The molecule has 0 saturated carbocycles. The van der Waals surface area contributed by atoms with Crippen molar-refractivity contribution in [3.8, 4) is 0 Å². The van der Waals surface area contributed by atoms with E-state index >= 15 is 0 Å². The zero-order valence-corrected chi connectivity index (χ0v) is 16.9. The molecule has 4 rings (SSSR count). The van der Waals surface area contributed by atoms with Crippen molar-refractivity contribution in [2.45, 2.75) is 31.2 Å². The number of carbonyl (C=O) groups excluding carboxylic acids is 3. The number of non-ortho nitro benzene ring substituents is 1. The zero-order chi connectivity index (χ0) is 20.5. The first-order valence-corrected chi connectivity index (χ1v) is 10.7. The molecule has 1 aromatic carbocycles. The summed E-state index contributed by atoms with van der Waals surface area (Å²) in [6.45, 7) is 1.32. The predicted octanol–water partition coefficient (Wildman–Crippen LogP) is 3.06. The van der Waals surface area contributed by atoms with Crippen LogP contribution in [0.25, 0.3) is 0 Å². The van der Waals surface area contributed by atoms with E-state index in [1.165, 1.54) is 40.9 Å².